The van der Waals surface area contributed by atoms with Gasteiger partial charge in [0.05, 0.1) is 6.54 Å². The highest BCUT2D eigenvalue weighted by molar-refractivity contribution is 7.69. The molecular formula is C3H7NO3S. The van der Waals surface area contributed by atoms with E-state index in [4.69, 9.17) is 5.21 Å². The molecule has 0 rings (SSSR count). The molecule has 0 amide bonds. The molecule has 0 aromatic rings. The fraction of sp³-hybridized carbons (Fsp3) is 0.333. The van der Waals surface area contributed by atoms with E-state index in [0.29, 0.717) is 0 Å². The van der Waals surface area contributed by atoms with Crippen molar-refractivity contribution >= 4 is 10.9 Å². The maximum absolute atomic E-state index is 9.75. The number of nitrogens with zero attached hydrogens (tertiary/aromatic N) is 1. The molecule has 5 heteroatoms. The first-order valence-electron chi connectivity index (χ1n) is 1.90. The second-order valence-electron chi connectivity index (χ2n) is 1.08. The van der Waals surface area contributed by atoms with Gasteiger partial charge in [0.2, 0.25) is 10.9 Å². The molecular weight excluding hydrogens is 130 g/mol. The van der Waals surface area contributed by atoms with Crippen molar-refractivity contribution in [3.63, 3.8) is 0 Å². The summed E-state index contributed by atoms with van der Waals surface area (Å²) in [6.45, 7) is 3.16. The van der Waals surface area contributed by atoms with Gasteiger partial charge in [-0.05, 0) is 0 Å². The molecule has 0 aromatic carbocycles. The number of rotatable bonds is 3. The highest BCUT2D eigenvalue weighted by atomic mass is 32.2. The monoisotopic (exact) mass is 137 g/mol. The van der Waals surface area contributed by atoms with Crippen LogP contribution < -0.4 is 0 Å². The Kier molecular flexibility index (Phi) is 3.42. The molecule has 0 heterocycles. The lowest BCUT2D eigenvalue weighted by molar-refractivity contribution is 0.0198. The Morgan fingerprint density at radius 3 is 2.38 bits per heavy atom. The molecule has 0 radical (unpaired) electrons. The molecule has 0 saturated carbocycles. The maximum Gasteiger partial charge on any atom is 0.226 e. The van der Waals surface area contributed by atoms with Gasteiger partial charge in [0.25, 0.3) is 0 Å². The summed E-state index contributed by atoms with van der Waals surface area (Å²) in [5.74, 6) is 0. The van der Waals surface area contributed by atoms with Crippen molar-refractivity contribution in [3.8, 4) is 0 Å². The fourth-order valence-electron chi connectivity index (χ4n) is 0.182. The van der Waals surface area contributed by atoms with Crippen molar-refractivity contribution in [1.82, 2.24) is 4.47 Å². The third-order valence-corrected chi connectivity index (χ3v) is 1.02. The average molecular weight is 137 g/mol. The van der Waals surface area contributed by atoms with Gasteiger partial charge in [-0.2, -0.15) is 0 Å². The van der Waals surface area contributed by atoms with Crippen molar-refractivity contribution < 1.29 is 13.6 Å². The molecule has 0 aliphatic rings. The Bertz CT molecular complexity index is 133. The van der Waals surface area contributed by atoms with Crippen LogP contribution in [0.2, 0.25) is 0 Å². The Hall–Kier alpha value is -0.390. The second kappa shape index (κ2) is 3.59. The summed E-state index contributed by atoms with van der Waals surface area (Å²) in [5.41, 5.74) is 0. The molecule has 0 spiro atoms. The molecule has 0 atom stereocenters. The van der Waals surface area contributed by atoms with Crippen LogP contribution in [-0.2, 0) is 10.9 Å². The normalized spacial score (nSPS) is 10.4. The number of hydroxylamine groups is 1. The van der Waals surface area contributed by atoms with E-state index in [-0.39, 0.29) is 11.0 Å². The van der Waals surface area contributed by atoms with E-state index in [9.17, 15) is 8.42 Å². The maximum atomic E-state index is 9.75. The molecule has 0 saturated heterocycles. The fourth-order valence-corrected chi connectivity index (χ4v) is 0.431. The minimum atomic E-state index is -2.85. The van der Waals surface area contributed by atoms with Crippen LogP contribution in [-0.4, -0.2) is 24.6 Å². The van der Waals surface area contributed by atoms with Crippen molar-refractivity contribution in [1.29, 1.82) is 0 Å². The summed E-state index contributed by atoms with van der Waals surface area (Å²) in [5, 5.41) is 8.29. The molecule has 0 aromatic heterocycles. The Morgan fingerprint density at radius 1 is 1.75 bits per heavy atom. The molecule has 0 aliphatic heterocycles. The van der Waals surface area contributed by atoms with Gasteiger partial charge < -0.3 is 0 Å². The standard InChI is InChI=1S/C3H7NO3S/c1-2-3-4(5)8(6)7/h2,5,8H,1,3H2. The van der Waals surface area contributed by atoms with Gasteiger partial charge in [-0.25, -0.2) is 8.42 Å². The third kappa shape index (κ3) is 2.73. The minimum Gasteiger partial charge on any atom is -0.299 e. The molecule has 48 valence electrons. The number of hydrogen-bond acceptors (Lipinski definition) is 3. The van der Waals surface area contributed by atoms with Gasteiger partial charge in [-0.1, -0.05) is 10.5 Å². The van der Waals surface area contributed by atoms with Crippen molar-refractivity contribution in [2.45, 2.75) is 0 Å². The predicted octanol–water partition coefficient (Wildman–Crippen LogP) is -0.610. The molecule has 0 bridgehead atoms. The van der Waals surface area contributed by atoms with Crippen LogP contribution in [0.25, 0.3) is 0 Å². The van der Waals surface area contributed by atoms with Gasteiger partial charge in [-0.3, -0.25) is 5.21 Å². The third-order valence-electron chi connectivity index (χ3n) is 0.481. The Balaban J connectivity index is 3.64. The van der Waals surface area contributed by atoms with Crippen LogP contribution in [0.1, 0.15) is 0 Å². The molecule has 4 nitrogen and oxygen atoms in total. The van der Waals surface area contributed by atoms with Gasteiger partial charge in [-0.15, -0.1) is 6.58 Å². The number of thiol groups is 1. The van der Waals surface area contributed by atoms with Crippen LogP contribution in [0.5, 0.6) is 0 Å². The molecule has 8 heavy (non-hydrogen) atoms. The van der Waals surface area contributed by atoms with Crippen LogP contribution in [0.4, 0.5) is 0 Å². The second-order valence-corrected chi connectivity index (χ2v) is 2.02. The zero-order chi connectivity index (χ0) is 6.57. The predicted molar refractivity (Wildman–Crippen MR) is 29.0 cm³/mol. The summed E-state index contributed by atoms with van der Waals surface area (Å²) in [6.07, 6.45) is 1.28. The van der Waals surface area contributed by atoms with Gasteiger partial charge in [0, 0.05) is 0 Å². The summed E-state index contributed by atoms with van der Waals surface area (Å²) < 4.78 is 19.7. The molecule has 0 aliphatic carbocycles. The quantitative estimate of drug-likeness (QED) is 0.310. The van der Waals surface area contributed by atoms with Gasteiger partial charge in [0.15, 0.2) is 0 Å². The SMILES string of the molecule is C=CCN(O)[SH](=O)=O. The Morgan fingerprint density at radius 2 is 2.25 bits per heavy atom. The van der Waals surface area contributed by atoms with E-state index in [1.54, 1.807) is 0 Å². The highest BCUT2D eigenvalue weighted by Gasteiger charge is 1.94. The summed E-state index contributed by atoms with van der Waals surface area (Å²) in [6, 6.07) is 0. The minimum absolute atomic E-state index is 0.0568. The van der Waals surface area contributed by atoms with E-state index in [1.165, 1.54) is 6.08 Å². The lowest BCUT2D eigenvalue weighted by Gasteiger charge is -1.98. The van der Waals surface area contributed by atoms with E-state index in [1.807, 2.05) is 0 Å². The summed E-state index contributed by atoms with van der Waals surface area (Å²) >= 11 is 0. The first-order valence-corrected chi connectivity index (χ1v) is 3.03. The summed E-state index contributed by atoms with van der Waals surface area (Å²) in [4.78, 5) is 0. The lowest BCUT2D eigenvalue weighted by atomic mass is 10.7. The van der Waals surface area contributed by atoms with Crippen LogP contribution in [0.15, 0.2) is 12.7 Å². The molecule has 1 N–H and O–H groups in total. The topological polar surface area (TPSA) is 57.6 Å². The highest BCUT2D eigenvalue weighted by Crippen LogP contribution is 1.77. The van der Waals surface area contributed by atoms with Crippen LogP contribution >= 0.6 is 0 Å². The van der Waals surface area contributed by atoms with E-state index < -0.39 is 10.9 Å². The van der Waals surface area contributed by atoms with E-state index in [2.05, 4.69) is 6.58 Å². The van der Waals surface area contributed by atoms with E-state index in [0.717, 1.165) is 0 Å². The van der Waals surface area contributed by atoms with Gasteiger partial charge in [0.1, 0.15) is 0 Å². The number of hydrogen-bond donors (Lipinski definition) is 2. The smallest absolute Gasteiger partial charge is 0.226 e. The molecule has 0 fully saturated rings. The largest absolute Gasteiger partial charge is 0.299 e. The van der Waals surface area contributed by atoms with E-state index >= 15 is 0 Å². The van der Waals surface area contributed by atoms with Crippen molar-refractivity contribution in [2.24, 2.45) is 0 Å². The van der Waals surface area contributed by atoms with Gasteiger partial charge >= 0.3 is 0 Å². The summed E-state index contributed by atoms with van der Waals surface area (Å²) in [7, 11) is -2.85. The Labute approximate surface area is 49.1 Å². The van der Waals surface area contributed by atoms with Crippen LogP contribution in [0.3, 0.4) is 0 Å². The first kappa shape index (κ1) is 7.61. The lowest BCUT2D eigenvalue weighted by Crippen LogP contribution is -2.15. The average Bonchev–Trinajstić information content (AvgIpc) is 1.67. The van der Waals surface area contributed by atoms with Crippen molar-refractivity contribution in [3.05, 3.63) is 12.7 Å². The van der Waals surface area contributed by atoms with Crippen molar-refractivity contribution in [2.75, 3.05) is 6.54 Å². The zero-order valence-corrected chi connectivity index (χ0v) is 5.04. The molecule has 0 unspecified atom stereocenters. The van der Waals surface area contributed by atoms with Crippen LogP contribution in [0, 0.1) is 0 Å². The first-order chi connectivity index (χ1) is 3.68. The zero-order valence-electron chi connectivity index (χ0n) is 4.15.